The minimum absolute atomic E-state index is 0.295. The molecule has 1 rings (SSSR count). The lowest BCUT2D eigenvalue weighted by Crippen LogP contribution is -2.25. The highest BCUT2D eigenvalue weighted by atomic mass is 16.4. The molecule has 1 heterocycles. The van der Waals surface area contributed by atoms with Gasteiger partial charge in [0.2, 0.25) is 0 Å². The van der Waals surface area contributed by atoms with Crippen LogP contribution in [0.4, 0.5) is 0 Å². The third kappa shape index (κ3) is 2.35. The molecule has 1 N–H and O–H groups in total. The molecule has 3 heteroatoms. The molecule has 0 aromatic rings. The van der Waals surface area contributed by atoms with Crippen LogP contribution >= 0.6 is 0 Å². The van der Waals surface area contributed by atoms with Gasteiger partial charge in [0.1, 0.15) is 0 Å². The van der Waals surface area contributed by atoms with Crippen LogP contribution < -0.4 is 5.32 Å². The standard InChI is InChI=1S/C7H12NO2/c9-7(10)4-6-2-1-3-8-5-6/h6H,1-5H2,(H,9,10). The SMILES string of the molecule is O=C(O)CC1CCC[N]C1. The smallest absolute Gasteiger partial charge is 0.303 e. The van der Waals surface area contributed by atoms with Crippen LogP contribution in [0.5, 0.6) is 0 Å². The Labute approximate surface area is 60.4 Å². The van der Waals surface area contributed by atoms with Crippen LogP contribution in [0.2, 0.25) is 0 Å². The zero-order valence-corrected chi connectivity index (χ0v) is 5.92. The summed E-state index contributed by atoms with van der Waals surface area (Å²) in [6.45, 7) is 1.68. The van der Waals surface area contributed by atoms with Crippen molar-refractivity contribution < 1.29 is 9.90 Å². The quantitative estimate of drug-likeness (QED) is 0.609. The molecule has 1 fully saturated rings. The predicted octanol–water partition coefficient (Wildman–Crippen LogP) is 0.476. The molecule has 1 aliphatic heterocycles. The molecule has 1 radical (unpaired) electrons. The fourth-order valence-electron chi connectivity index (χ4n) is 1.27. The number of rotatable bonds is 2. The lowest BCUT2D eigenvalue weighted by molar-refractivity contribution is -0.138. The number of nitrogens with zero attached hydrogens (tertiary/aromatic N) is 1. The summed E-state index contributed by atoms with van der Waals surface area (Å²) >= 11 is 0. The Morgan fingerprint density at radius 3 is 3.00 bits per heavy atom. The summed E-state index contributed by atoms with van der Waals surface area (Å²) in [6, 6.07) is 0. The number of aliphatic carboxylic acids is 1. The highest BCUT2D eigenvalue weighted by molar-refractivity contribution is 5.67. The summed E-state index contributed by atoms with van der Waals surface area (Å²) in [5.74, 6) is -0.381. The molecule has 3 nitrogen and oxygen atoms in total. The molecule has 0 aliphatic carbocycles. The number of carbonyl (C=O) groups is 1. The van der Waals surface area contributed by atoms with Gasteiger partial charge in [0.15, 0.2) is 0 Å². The number of carboxylic acids is 1. The van der Waals surface area contributed by atoms with Gasteiger partial charge < -0.3 is 5.11 Å². The van der Waals surface area contributed by atoms with Crippen molar-refractivity contribution in [3.8, 4) is 0 Å². The fraction of sp³-hybridized carbons (Fsp3) is 0.857. The first-order valence-corrected chi connectivity index (χ1v) is 3.64. The largest absolute Gasteiger partial charge is 0.481 e. The van der Waals surface area contributed by atoms with E-state index in [-0.39, 0.29) is 0 Å². The van der Waals surface area contributed by atoms with E-state index in [0.29, 0.717) is 12.3 Å². The van der Waals surface area contributed by atoms with Gasteiger partial charge in [0.25, 0.3) is 0 Å². The summed E-state index contributed by atoms with van der Waals surface area (Å²) in [7, 11) is 0. The molecule has 1 unspecified atom stereocenters. The molecule has 1 aliphatic rings. The first kappa shape index (κ1) is 7.54. The van der Waals surface area contributed by atoms with E-state index in [9.17, 15) is 4.79 Å². The molecule has 0 aromatic heterocycles. The van der Waals surface area contributed by atoms with Crippen molar-refractivity contribution >= 4 is 5.97 Å². The lowest BCUT2D eigenvalue weighted by Gasteiger charge is -2.18. The average Bonchev–Trinajstić information content (AvgIpc) is 1.88. The van der Waals surface area contributed by atoms with Crippen LogP contribution in [0.3, 0.4) is 0 Å². The minimum atomic E-state index is -0.692. The molecule has 0 aromatic carbocycles. The zero-order chi connectivity index (χ0) is 7.40. The Hall–Kier alpha value is -0.570. The average molecular weight is 142 g/mol. The summed E-state index contributed by atoms with van der Waals surface area (Å²) in [6.07, 6.45) is 2.40. The highest BCUT2D eigenvalue weighted by Crippen LogP contribution is 2.13. The van der Waals surface area contributed by atoms with E-state index in [1.807, 2.05) is 0 Å². The van der Waals surface area contributed by atoms with E-state index in [4.69, 9.17) is 5.11 Å². The van der Waals surface area contributed by atoms with Gasteiger partial charge in [-0.2, -0.15) is 0 Å². The fourth-order valence-corrected chi connectivity index (χ4v) is 1.27. The monoisotopic (exact) mass is 142 g/mol. The van der Waals surface area contributed by atoms with Crippen LogP contribution in [0.25, 0.3) is 0 Å². The van der Waals surface area contributed by atoms with Crippen molar-refractivity contribution in [1.82, 2.24) is 5.32 Å². The Morgan fingerprint density at radius 1 is 1.70 bits per heavy atom. The number of hydrogen-bond acceptors (Lipinski definition) is 1. The van der Waals surface area contributed by atoms with Crippen LogP contribution in [0.1, 0.15) is 19.3 Å². The van der Waals surface area contributed by atoms with Crippen molar-refractivity contribution in [2.24, 2.45) is 5.92 Å². The summed E-state index contributed by atoms with van der Waals surface area (Å²) in [5, 5.41) is 12.6. The van der Waals surface area contributed by atoms with E-state index < -0.39 is 5.97 Å². The van der Waals surface area contributed by atoms with Crippen molar-refractivity contribution in [2.45, 2.75) is 19.3 Å². The first-order valence-electron chi connectivity index (χ1n) is 3.64. The Balaban J connectivity index is 2.19. The van der Waals surface area contributed by atoms with E-state index in [1.54, 1.807) is 0 Å². The summed E-state index contributed by atoms with van der Waals surface area (Å²) in [5.41, 5.74) is 0. The van der Waals surface area contributed by atoms with E-state index >= 15 is 0 Å². The molecule has 0 bridgehead atoms. The lowest BCUT2D eigenvalue weighted by atomic mass is 9.96. The molecule has 0 spiro atoms. The van der Waals surface area contributed by atoms with Gasteiger partial charge in [-0.3, -0.25) is 4.79 Å². The van der Waals surface area contributed by atoms with Gasteiger partial charge in [-0.25, -0.2) is 5.32 Å². The normalized spacial score (nSPS) is 26.2. The third-order valence-electron chi connectivity index (χ3n) is 1.78. The molecular formula is C7H12NO2. The molecule has 57 valence electrons. The molecule has 0 saturated carbocycles. The number of carboxylic acid groups (broad SMARTS) is 1. The van der Waals surface area contributed by atoms with Crippen LogP contribution in [-0.4, -0.2) is 24.2 Å². The van der Waals surface area contributed by atoms with Crippen LogP contribution in [0.15, 0.2) is 0 Å². The molecular weight excluding hydrogens is 130 g/mol. The van der Waals surface area contributed by atoms with Gasteiger partial charge in [-0.05, 0) is 18.8 Å². The Bertz CT molecular complexity index is 119. The summed E-state index contributed by atoms with van der Waals surface area (Å²) < 4.78 is 0. The Morgan fingerprint density at radius 2 is 2.50 bits per heavy atom. The minimum Gasteiger partial charge on any atom is -0.481 e. The second-order valence-electron chi connectivity index (χ2n) is 2.74. The van der Waals surface area contributed by atoms with E-state index in [0.717, 1.165) is 25.9 Å². The summed E-state index contributed by atoms with van der Waals surface area (Å²) in [4.78, 5) is 10.2. The zero-order valence-electron chi connectivity index (χ0n) is 5.92. The highest BCUT2D eigenvalue weighted by Gasteiger charge is 2.16. The van der Waals surface area contributed by atoms with E-state index in [1.165, 1.54) is 0 Å². The van der Waals surface area contributed by atoms with Gasteiger partial charge in [0.05, 0.1) is 0 Å². The molecule has 1 atom stereocenters. The predicted molar refractivity (Wildman–Crippen MR) is 36.8 cm³/mol. The van der Waals surface area contributed by atoms with Gasteiger partial charge >= 0.3 is 5.97 Å². The number of piperidine rings is 1. The molecule has 0 amide bonds. The maximum atomic E-state index is 10.2. The maximum absolute atomic E-state index is 10.2. The van der Waals surface area contributed by atoms with Crippen molar-refractivity contribution in [1.29, 1.82) is 0 Å². The van der Waals surface area contributed by atoms with Gasteiger partial charge in [0, 0.05) is 19.5 Å². The molecule has 10 heavy (non-hydrogen) atoms. The van der Waals surface area contributed by atoms with Gasteiger partial charge in [-0.1, -0.05) is 0 Å². The second-order valence-corrected chi connectivity index (χ2v) is 2.74. The number of hydrogen-bond donors (Lipinski definition) is 1. The Kier molecular flexibility index (Phi) is 2.68. The van der Waals surface area contributed by atoms with E-state index in [2.05, 4.69) is 5.32 Å². The van der Waals surface area contributed by atoms with Crippen molar-refractivity contribution in [2.75, 3.05) is 13.1 Å². The van der Waals surface area contributed by atoms with Crippen LogP contribution in [-0.2, 0) is 4.79 Å². The third-order valence-corrected chi connectivity index (χ3v) is 1.78. The van der Waals surface area contributed by atoms with Crippen molar-refractivity contribution in [3.63, 3.8) is 0 Å². The topological polar surface area (TPSA) is 51.4 Å². The van der Waals surface area contributed by atoms with Crippen LogP contribution in [0, 0.1) is 5.92 Å². The van der Waals surface area contributed by atoms with Crippen molar-refractivity contribution in [3.05, 3.63) is 0 Å². The second kappa shape index (κ2) is 3.56. The maximum Gasteiger partial charge on any atom is 0.303 e. The molecule has 1 saturated heterocycles. The first-order chi connectivity index (χ1) is 4.79. The van der Waals surface area contributed by atoms with Gasteiger partial charge in [-0.15, -0.1) is 0 Å².